The van der Waals surface area contributed by atoms with Crippen LogP contribution in [0.2, 0.25) is 72.5 Å². The molecular formula is C100H144B4Br2N12O12Si4. The Kier molecular flexibility index (Phi) is 30.7. The van der Waals surface area contributed by atoms with Crippen LogP contribution in [-0.2, 0) is 81.4 Å². The van der Waals surface area contributed by atoms with Gasteiger partial charge in [-0.2, -0.15) is 20.4 Å². The first-order valence-electron chi connectivity index (χ1n) is 46.7. The topological polar surface area (TPSA) is 234 Å². The van der Waals surface area contributed by atoms with Crippen molar-refractivity contribution in [1.29, 1.82) is 0 Å². The van der Waals surface area contributed by atoms with Crippen molar-refractivity contribution < 1.29 is 54.9 Å². The molecular weight excluding hydrogens is 1880 g/mol. The van der Waals surface area contributed by atoms with Crippen LogP contribution in [0.15, 0.2) is 179 Å². The second kappa shape index (κ2) is 38.9. The van der Waals surface area contributed by atoms with Crippen LogP contribution < -0.4 is 10.9 Å². The summed E-state index contributed by atoms with van der Waals surface area (Å²) in [4.78, 5) is 19.2. The zero-order valence-electron chi connectivity index (χ0n) is 86.3. The molecule has 0 unspecified atom stereocenters. The largest absolute Gasteiger partial charge is 0.494 e. The summed E-state index contributed by atoms with van der Waals surface area (Å²) in [5.74, 6) is 3.17. The van der Waals surface area contributed by atoms with Gasteiger partial charge in [-0.05, 0) is 279 Å². The third kappa shape index (κ3) is 24.0. The molecule has 0 amide bonds. The standard InChI is InChI=1S/2C25H36BN3O3Si.2C19H24BrN3OSi.C12H24B2O4/c1-23(2,3)33(8,9)30-17-20-11-10-12-22(27-20)29-16-18-13-14-19(15-21(18)28-29)26-31-24(4,5)25(6,7)32-26;1-23(2,3)33(8,9)30-17-20-11-10-12-22(28-20)29-21-15-19(14-13-18(21)16-27-29)26-31-24(4,5)25(6,7)32-26;1-19(2,3)25(4,5)24-13-16-7-6-8-18(21-16)23-12-14-9-10-15(20)11-17(14)22-23;1-19(2,3)25(4,5)24-13-16-7-6-8-18(22-16)23-17-11-15(20)10-9-14(17)12-21-23;1-9(2)10(3,4)16-13(15-9)14-17-11(5,6)12(7,8)18-14/h2*10-16H,17H2,1-9H3;2*6-12H,13H2,1-5H3;1-8H3. The summed E-state index contributed by atoms with van der Waals surface area (Å²) in [6, 6.07) is 48.5. The second-order valence-electron chi connectivity index (χ2n) is 45.9. The first-order valence-corrected chi connectivity index (χ1v) is 59.9. The highest BCUT2D eigenvalue weighted by molar-refractivity contribution is 9.10. The van der Waals surface area contributed by atoms with Gasteiger partial charge in [-0.1, -0.05) is 176 Å². The van der Waals surface area contributed by atoms with Gasteiger partial charge in [-0.3, -0.25) is 0 Å². The molecule has 4 aromatic carbocycles. The van der Waals surface area contributed by atoms with Gasteiger partial charge in [0.15, 0.2) is 56.5 Å². The molecule has 718 valence electrons. The van der Waals surface area contributed by atoms with Gasteiger partial charge in [0.2, 0.25) is 0 Å². The molecule has 12 heterocycles. The minimum atomic E-state index is -1.85. The molecule has 4 saturated heterocycles. The smallest absolute Gasteiger partial charge is 0.411 e. The monoisotopic (exact) mass is 2020 g/mol. The molecule has 4 fully saturated rings. The van der Waals surface area contributed by atoms with Crippen molar-refractivity contribution in [2.75, 3.05) is 0 Å². The molecule has 4 aliphatic rings. The predicted octanol–water partition coefficient (Wildman–Crippen LogP) is 24.1. The average Bonchev–Trinajstić information content (AvgIpc) is 1.60. The first-order chi connectivity index (χ1) is 61.6. The normalized spacial score (nSPS) is 18.0. The van der Waals surface area contributed by atoms with Crippen molar-refractivity contribution in [3.8, 4) is 23.3 Å². The van der Waals surface area contributed by atoms with Gasteiger partial charge in [0.25, 0.3) is 0 Å². The van der Waals surface area contributed by atoms with E-state index in [2.05, 4.69) is 262 Å². The third-order valence-corrected chi connectivity index (χ3v) is 48.5. The highest BCUT2D eigenvalue weighted by Crippen LogP contribution is 2.46. The molecule has 0 N–H and O–H groups in total. The van der Waals surface area contributed by atoms with E-state index in [9.17, 15) is 0 Å². The van der Waals surface area contributed by atoms with Crippen molar-refractivity contribution in [2.24, 2.45) is 0 Å². The molecule has 24 nitrogen and oxygen atoms in total. The fourth-order valence-corrected chi connectivity index (χ4v) is 17.9. The van der Waals surface area contributed by atoms with E-state index in [-0.39, 0.29) is 65.0 Å². The van der Waals surface area contributed by atoms with E-state index >= 15 is 0 Å². The number of hydrogen-bond donors (Lipinski definition) is 0. The molecule has 134 heavy (non-hydrogen) atoms. The lowest BCUT2D eigenvalue weighted by atomic mass is 9.49. The van der Waals surface area contributed by atoms with Crippen molar-refractivity contribution in [2.45, 2.75) is 338 Å². The fourth-order valence-electron chi connectivity index (χ4n) is 13.5. The molecule has 16 rings (SSSR count). The number of nitrogens with zero attached hydrogens (tertiary/aromatic N) is 12. The lowest BCUT2D eigenvalue weighted by Crippen LogP contribution is -2.41. The van der Waals surface area contributed by atoms with E-state index in [0.717, 1.165) is 110 Å². The molecule has 0 bridgehead atoms. The highest BCUT2D eigenvalue weighted by Gasteiger charge is 2.64. The molecule has 0 spiro atoms. The maximum Gasteiger partial charge on any atom is 0.494 e. The van der Waals surface area contributed by atoms with Gasteiger partial charge in [-0.15, -0.1) is 0 Å². The van der Waals surface area contributed by atoms with E-state index in [1.54, 1.807) is 0 Å². The Hall–Kier alpha value is -7.03. The zero-order valence-corrected chi connectivity index (χ0v) is 93.5. The Morgan fingerprint density at radius 3 is 0.903 bits per heavy atom. The van der Waals surface area contributed by atoms with Gasteiger partial charge < -0.3 is 54.9 Å². The quantitative estimate of drug-likeness (QED) is 0.0684. The van der Waals surface area contributed by atoms with Crippen LogP contribution in [0.3, 0.4) is 0 Å². The van der Waals surface area contributed by atoms with Crippen LogP contribution in [0, 0.1) is 0 Å². The first kappa shape index (κ1) is 106. The van der Waals surface area contributed by atoms with Crippen molar-refractivity contribution in [3.05, 3.63) is 202 Å². The molecule has 0 saturated carbocycles. The Morgan fingerprint density at radius 1 is 0.313 bits per heavy atom. The van der Waals surface area contributed by atoms with Gasteiger partial charge in [0, 0.05) is 42.9 Å². The van der Waals surface area contributed by atoms with Crippen LogP contribution in [0.4, 0.5) is 0 Å². The number of pyridine rings is 4. The van der Waals surface area contributed by atoms with E-state index in [1.165, 1.54) is 0 Å². The van der Waals surface area contributed by atoms with Crippen LogP contribution in [-0.4, -0.2) is 165 Å². The predicted molar refractivity (Wildman–Crippen MR) is 562 cm³/mol. The molecule has 8 aromatic heterocycles. The van der Waals surface area contributed by atoms with Crippen LogP contribution in [0.1, 0.15) is 217 Å². The number of hydrogen-bond acceptors (Lipinski definition) is 20. The van der Waals surface area contributed by atoms with Gasteiger partial charge in [0.05, 0.1) is 128 Å². The summed E-state index contributed by atoms with van der Waals surface area (Å²) < 4.78 is 83.5. The molecule has 0 radical (unpaired) electrons. The summed E-state index contributed by atoms with van der Waals surface area (Å²) in [6.45, 7) is 79.8. The SMILES string of the molecule is CC(C)(C)[Si](C)(C)OCc1cccc(-n2cc3ccc(Br)cc3n2)n1.CC(C)(C)[Si](C)(C)OCc1cccc(-n2ncc3ccc(Br)cc32)n1.CC1(C)OB(B2OC(C)(C)C(C)(C)O2)OC1(C)C.CC1(C)OB(c2ccc3cn(-c4cccc(CO[Si](C)(C)C(C)(C)C)n4)nc3c2)OC1(C)C.CC1(C)OB(c2ccc3cnn(-c4cccc(CO[Si](C)(C)C(C)(C)C)n4)c3c2)OC1(C)C. The number of benzene rings is 4. The Bertz CT molecular complexity index is 6040. The molecule has 0 aliphatic carbocycles. The maximum absolute atomic E-state index is 6.38. The van der Waals surface area contributed by atoms with E-state index < -0.39 is 61.5 Å². The molecule has 12 aromatic rings. The van der Waals surface area contributed by atoms with Crippen LogP contribution in [0.25, 0.3) is 66.9 Å². The van der Waals surface area contributed by atoms with E-state index in [4.69, 9.17) is 80.0 Å². The van der Waals surface area contributed by atoms with Gasteiger partial charge >= 0.3 is 28.3 Å². The number of halogens is 2. The van der Waals surface area contributed by atoms with Crippen LogP contribution >= 0.6 is 31.9 Å². The number of rotatable bonds is 19. The maximum atomic E-state index is 6.38. The summed E-state index contributed by atoms with van der Waals surface area (Å²) in [7, 11) is -9.04. The Labute approximate surface area is 819 Å². The highest BCUT2D eigenvalue weighted by atomic mass is 79.9. The second-order valence-corrected chi connectivity index (χ2v) is 66.9. The number of fused-ring (bicyclic) bond motifs is 4. The minimum Gasteiger partial charge on any atom is -0.411 e. The van der Waals surface area contributed by atoms with Crippen molar-refractivity contribution in [1.82, 2.24) is 59.1 Å². The van der Waals surface area contributed by atoms with Crippen LogP contribution in [0.5, 0.6) is 0 Å². The molecule has 0 atom stereocenters. The summed E-state index contributed by atoms with van der Waals surface area (Å²) in [5.41, 5.74) is 6.50. The average molecular weight is 2020 g/mol. The van der Waals surface area contributed by atoms with E-state index in [1.807, 2.05) is 220 Å². The lowest BCUT2D eigenvalue weighted by Gasteiger charge is -2.36. The van der Waals surface area contributed by atoms with E-state index in [0.29, 0.717) is 26.4 Å². The molecule has 34 heteroatoms. The summed E-state index contributed by atoms with van der Waals surface area (Å²) in [6.07, 6.45) is 7.73. The van der Waals surface area contributed by atoms with Crippen molar-refractivity contribution >= 4 is 148 Å². The third-order valence-electron chi connectivity index (χ3n) is 29.6. The van der Waals surface area contributed by atoms with Gasteiger partial charge in [0.1, 0.15) is 0 Å². The Morgan fingerprint density at radius 2 is 0.575 bits per heavy atom. The number of aromatic nitrogens is 12. The fraction of sp³-hybridized carbons (Fsp3) is 0.520. The lowest BCUT2D eigenvalue weighted by molar-refractivity contribution is 0.00578. The minimum absolute atomic E-state index is 0.159. The summed E-state index contributed by atoms with van der Waals surface area (Å²) in [5, 5.41) is 23.5. The Balaban J connectivity index is 0.000000153. The molecule has 4 aliphatic heterocycles. The summed E-state index contributed by atoms with van der Waals surface area (Å²) >= 11 is 7.01. The van der Waals surface area contributed by atoms with Crippen molar-refractivity contribution in [3.63, 3.8) is 0 Å². The zero-order chi connectivity index (χ0) is 98.9. The van der Waals surface area contributed by atoms with Gasteiger partial charge in [-0.25, -0.2) is 38.7 Å².